The van der Waals surface area contributed by atoms with Gasteiger partial charge in [-0.05, 0) is 23.6 Å². The third-order valence-corrected chi connectivity index (χ3v) is 7.57. The second kappa shape index (κ2) is 9.07. The smallest absolute Gasteiger partial charge is 0.240 e. The topological polar surface area (TPSA) is 80.1 Å². The summed E-state index contributed by atoms with van der Waals surface area (Å²) in [5, 5.41) is 9.76. The molecule has 1 unspecified atom stereocenters. The molecule has 1 N–H and O–H groups in total. The Bertz CT molecular complexity index is 1100. The van der Waals surface area contributed by atoms with E-state index in [4.69, 9.17) is 5.10 Å². The summed E-state index contributed by atoms with van der Waals surface area (Å²) in [6.07, 6.45) is 1.69. The molecule has 0 saturated heterocycles. The summed E-state index contributed by atoms with van der Waals surface area (Å²) in [7, 11) is 1.85. The van der Waals surface area contributed by atoms with E-state index in [1.165, 1.54) is 4.88 Å². The van der Waals surface area contributed by atoms with Gasteiger partial charge in [-0.3, -0.25) is 24.2 Å². The van der Waals surface area contributed by atoms with Gasteiger partial charge in [-0.15, -0.1) is 23.1 Å². The molecule has 0 saturated carbocycles. The third-order valence-electron chi connectivity index (χ3n) is 5.25. The number of amides is 2. The fourth-order valence-electron chi connectivity index (χ4n) is 3.80. The van der Waals surface area contributed by atoms with Crippen molar-refractivity contribution in [2.75, 3.05) is 17.2 Å². The van der Waals surface area contributed by atoms with Crippen LogP contribution < -0.4 is 10.2 Å². The zero-order chi connectivity index (χ0) is 22.9. The number of thioether (sulfide) groups is 1. The second-order valence-corrected chi connectivity index (χ2v) is 10.8. The van der Waals surface area contributed by atoms with E-state index in [0.29, 0.717) is 18.1 Å². The van der Waals surface area contributed by atoms with Crippen LogP contribution in [0.4, 0.5) is 5.82 Å². The average molecular weight is 470 g/mol. The highest BCUT2D eigenvalue weighted by molar-refractivity contribution is 8.00. The summed E-state index contributed by atoms with van der Waals surface area (Å²) in [6, 6.07) is 9.70. The number of fused-ring (bicyclic) bond motifs is 1. The Morgan fingerprint density at radius 1 is 1.25 bits per heavy atom. The molecule has 7 nitrogen and oxygen atoms in total. The fraction of sp³-hybridized carbons (Fsp3) is 0.391. The Morgan fingerprint density at radius 3 is 2.72 bits per heavy atom. The van der Waals surface area contributed by atoms with Crippen LogP contribution >= 0.6 is 23.1 Å². The van der Waals surface area contributed by atoms with Gasteiger partial charge in [0, 0.05) is 29.1 Å². The van der Waals surface area contributed by atoms with Crippen LogP contribution in [0, 0.1) is 0 Å². The van der Waals surface area contributed by atoms with Gasteiger partial charge in [-0.25, -0.2) is 0 Å². The van der Waals surface area contributed by atoms with Crippen LogP contribution in [0.2, 0.25) is 0 Å². The van der Waals surface area contributed by atoms with Gasteiger partial charge in [0.1, 0.15) is 12.4 Å². The number of nitrogens with one attached hydrogen (secondary N) is 1. The maximum Gasteiger partial charge on any atom is 0.240 e. The molecule has 9 heteroatoms. The molecule has 32 heavy (non-hydrogen) atoms. The number of nitrogens with zero attached hydrogens (tertiary/aromatic N) is 4. The van der Waals surface area contributed by atoms with Crippen molar-refractivity contribution in [2.45, 2.75) is 38.0 Å². The lowest BCUT2D eigenvalue weighted by molar-refractivity contribution is -0.123. The average Bonchev–Trinajstić information content (AvgIpc) is 3.37. The Balaban J connectivity index is 1.68. The first kappa shape index (κ1) is 22.5. The van der Waals surface area contributed by atoms with Gasteiger partial charge in [0.25, 0.3) is 0 Å². The van der Waals surface area contributed by atoms with Crippen molar-refractivity contribution in [3.05, 3.63) is 63.7 Å². The van der Waals surface area contributed by atoms with Gasteiger partial charge in [0.15, 0.2) is 0 Å². The molecule has 3 aromatic rings. The monoisotopic (exact) mass is 469 g/mol. The summed E-state index contributed by atoms with van der Waals surface area (Å²) >= 11 is 3.28. The number of hydrogen-bond donors (Lipinski definition) is 1. The van der Waals surface area contributed by atoms with Crippen molar-refractivity contribution in [2.24, 2.45) is 7.05 Å². The van der Waals surface area contributed by atoms with Crippen LogP contribution in [0.3, 0.4) is 0 Å². The SMILES string of the molecule is Cn1nc(C(C)(C)C)c2c1N(CC(=O)NCc1ccccn1)C(=O)CSC2c1cccs1. The quantitative estimate of drug-likeness (QED) is 0.617. The number of carbonyl (C=O) groups is 2. The zero-order valence-corrected chi connectivity index (χ0v) is 20.3. The highest BCUT2D eigenvalue weighted by atomic mass is 32.2. The van der Waals surface area contributed by atoms with Gasteiger partial charge in [0.2, 0.25) is 11.8 Å². The number of aryl methyl sites for hydroxylation is 1. The van der Waals surface area contributed by atoms with Crippen LogP contribution in [-0.2, 0) is 28.6 Å². The van der Waals surface area contributed by atoms with Crippen LogP contribution in [0.15, 0.2) is 41.9 Å². The normalized spacial score (nSPS) is 16.6. The van der Waals surface area contributed by atoms with Gasteiger partial charge in [-0.1, -0.05) is 32.9 Å². The van der Waals surface area contributed by atoms with E-state index in [0.717, 1.165) is 17.0 Å². The van der Waals surface area contributed by atoms with E-state index in [1.807, 2.05) is 31.3 Å². The van der Waals surface area contributed by atoms with Gasteiger partial charge < -0.3 is 5.32 Å². The third kappa shape index (κ3) is 4.59. The molecule has 3 aromatic heterocycles. The summed E-state index contributed by atoms with van der Waals surface area (Å²) in [5.74, 6) is 0.685. The maximum absolute atomic E-state index is 13.2. The molecule has 4 rings (SSSR count). The first-order valence-corrected chi connectivity index (χ1v) is 12.4. The lowest BCUT2D eigenvalue weighted by Gasteiger charge is -2.23. The highest BCUT2D eigenvalue weighted by Gasteiger charge is 2.39. The number of thiophene rings is 1. The largest absolute Gasteiger partial charge is 0.349 e. The van der Waals surface area contributed by atoms with Crippen molar-refractivity contribution >= 4 is 40.7 Å². The van der Waals surface area contributed by atoms with E-state index in [-0.39, 0.29) is 29.0 Å². The number of pyridine rings is 1. The van der Waals surface area contributed by atoms with E-state index in [2.05, 4.69) is 42.5 Å². The van der Waals surface area contributed by atoms with Crippen LogP contribution in [0.1, 0.15) is 47.8 Å². The number of carbonyl (C=O) groups excluding carboxylic acids is 2. The fourth-order valence-corrected chi connectivity index (χ4v) is 5.98. The number of anilines is 1. The summed E-state index contributed by atoms with van der Waals surface area (Å²) in [5.41, 5.74) is 2.54. The Morgan fingerprint density at radius 2 is 2.06 bits per heavy atom. The van der Waals surface area contributed by atoms with E-state index in [1.54, 1.807) is 38.9 Å². The van der Waals surface area contributed by atoms with Crippen LogP contribution in [0.5, 0.6) is 0 Å². The molecular formula is C23H27N5O2S2. The molecule has 0 spiro atoms. The first-order valence-electron chi connectivity index (χ1n) is 10.4. The molecule has 0 radical (unpaired) electrons. The minimum atomic E-state index is -0.229. The predicted molar refractivity (Wildman–Crippen MR) is 129 cm³/mol. The van der Waals surface area contributed by atoms with Crippen molar-refractivity contribution in [3.8, 4) is 0 Å². The highest BCUT2D eigenvalue weighted by Crippen LogP contribution is 2.48. The minimum absolute atomic E-state index is 0.00143. The maximum atomic E-state index is 13.2. The number of rotatable bonds is 5. The van der Waals surface area contributed by atoms with Crippen molar-refractivity contribution in [1.82, 2.24) is 20.1 Å². The zero-order valence-electron chi connectivity index (χ0n) is 18.7. The Labute approximate surface area is 196 Å². The van der Waals surface area contributed by atoms with Crippen LogP contribution in [-0.4, -0.2) is 38.9 Å². The minimum Gasteiger partial charge on any atom is -0.349 e. The van der Waals surface area contributed by atoms with Gasteiger partial charge in [-0.2, -0.15) is 5.10 Å². The lowest BCUT2D eigenvalue weighted by atomic mass is 9.88. The summed E-state index contributed by atoms with van der Waals surface area (Å²) < 4.78 is 1.76. The second-order valence-electron chi connectivity index (χ2n) is 8.74. The standard InChI is InChI=1S/C23H27N5O2S2/c1-23(2,3)21-19-20(16-9-7-11-31-16)32-14-18(30)28(22(19)27(4)26-21)13-17(29)25-12-15-8-5-6-10-24-15/h5-11,20H,12-14H2,1-4H3,(H,25,29). The van der Waals surface area contributed by atoms with Crippen LogP contribution in [0.25, 0.3) is 0 Å². The lowest BCUT2D eigenvalue weighted by Crippen LogP contribution is -2.42. The van der Waals surface area contributed by atoms with E-state index in [9.17, 15) is 9.59 Å². The number of hydrogen-bond acceptors (Lipinski definition) is 6. The molecule has 1 aliphatic rings. The molecule has 1 aliphatic heterocycles. The molecule has 0 aromatic carbocycles. The molecule has 4 heterocycles. The molecule has 0 bridgehead atoms. The van der Waals surface area contributed by atoms with Crippen molar-refractivity contribution < 1.29 is 9.59 Å². The summed E-state index contributed by atoms with van der Waals surface area (Å²) in [4.78, 5) is 33.0. The molecule has 0 fully saturated rings. The predicted octanol–water partition coefficient (Wildman–Crippen LogP) is 3.66. The van der Waals surface area contributed by atoms with Crippen molar-refractivity contribution in [1.29, 1.82) is 0 Å². The molecule has 0 aliphatic carbocycles. The van der Waals surface area contributed by atoms with E-state index >= 15 is 0 Å². The van der Waals surface area contributed by atoms with Crippen molar-refractivity contribution in [3.63, 3.8) is 0 Å². The Hall–Kier alpha value is -2.65. The summed E-state index contributed by atoms with van der Waals surface area (Å²) in [6.45, 7) is 6.65. The number of aromatic nitrogens is 3. The molecule has 2 amide bonds. The van der Waals surface area contributed by atoms with Gasteiger partial charge in [0.05, 0.1) is 28.9 Å². The molecule has 1 atom stereocenters. The molecule has 168 valence electrons. The first-order chi connectivity index (χ1) is 15.3. The van der Waals surface area contributed by atoms with E-state index < -0.39 is 0 Å². The molecular weight excluding hydrogens is 442 g/mol. The Kier molecular flexibility index (Phi) is 6.39. The van der Waals surface area contributed by atoms with Gasteiger partial charge >= 0.3 is 0 Å².